The summed E-state index contributed by atoms with van der Waals surface area (Å²) in [5, 5.41) is 0. The lowest BCUT2D eigenvalue weighted by Gasteiger charge is -2.39. The van der Waals surface area contributed by atoms with E-state index in [2.05, 4.69) is 45.0 Å². The number of piperazine rings is 1. The van der Waals surface area contributed by atoms with Crippen LogP contribution in [0.25, 0.3) is 0 Å². The molecule has 31 heavy (non-hydrogen) atoms. The van der Waals surface area contributed by atoms with Crippen molar-refractivity contribution < 1.29 is 14.3 Å². The average Bonchev–Trinajstić information content (AvgIpc) is 2.84. The third kappa shape index (κ3) is 5.13. The fourth-order valence-corrected chi connectivity index (χ4v) is 4.66. The second kappa shape index (κ2) is 10.1. The van der Waals surface area contributed by atoms with Gasteiger partial charge < -0.3 is 19.3 Å². The number of rotatable bonds is 6. The maximum Gasteiger partial charge on any atom is 0.225 e. The fraction of sp³-hybridized carbons (Fsp3) is 0.480. The van der Waals surface area contributed by atoms with Gasteiger partial charge in [-0.05, 0) is 55.8 Å². The van der Waals surface area contributed by atoms with Gasteiger partial charge in [0.25, 0.3) is 0 Å². The lowest BCUT2D eigenvalue weighted by Crippen LogP contribution is -2.51. The van der Waals surface area contributed by atoms with Crippen LogP contribution in [-0.2, 0) is 11.3 Å². The van der Waals surface area contributed by atoms with Gasteiger partial charge in [0.05, 0.1) is 14.2 Å². The molecular weight excluding hydrogens is 390 g/mol. The summed E-state index contributed by atoms with van der Waals surface area (Å²) in [4.78, 5) is 20.0. The molecule has 2 heterocycles. The summed E-state index contributed by atoms with van der Waals surface area (Å²) in [5.41, 5.74) is 2.46. The Morgan fingerprint density at radius 2 is 1.55 bits per heavy atom. The van der Waals surface area contributed by atoms with Gasteiger partial charge in [-0.25, -0.2) is 0 Å². The van der Waals surface area contributed by atoms with Crippen LogP contribution < -0.4 is 14.4 Å². The number of anilines is 1. The van der Waals surface area contributed by atoms with Crippen molar-refractivity contribution in [2.24, 2.45) is 5.92 Å². The van der Waals surface area contributed by atoms with E-state index in [1.54, 1.807) is 14.2 Å². The van der Waals surface area contributed by atoms with Crippen LogP contribution >= 0.6 is 0 Å². The van der Waals surface area contributed by atoms with Gasteiger partial charge >= 0.3 is 0 Å². The zero-order valence-corrected chi connectivity index (χ0v) is 18.6. The second-order valence-corrected chi connectivity index (χ2v) is 8.39. The number of piperidine rings is 1. The van der Waals surface area contributed by atoms with Crippen molar-refractivity contribution in [1.82, 2.24) is 9.80 Å². The molecule has 2 fully saturated rings. The van der Waals surface area contributed by atoms with E-state index in [9.17, 15) is 4.79 Å². The number of benzene rings is 2. The number of likely N-dealkylation sites (tertiary alicyclic amines) is 1. The van der Waals surface area contributed by atoms with E-state index < -0.39 is 0 Å². The van der Waals surface area contributed by atoms with Gasteiger partial charge in [0.15, 0.2) is 11.5 Å². The Hall–Kier alpha value is -2.73. The van der Waals surface area contributed by atoms with E-state index in [4.69, 9.17) is 9.47 Å². The number of methoxy groups -OCH3 is 2. The molecule has 166 valence electrons. The summed E-state index contributed by atoms with van der Waals surface area (Å²) < 4.78 is 10.7. The summed E-state index contributed by atoms with van der Waals surface area (Å²) in [5.74, 6) is 2.02. The summed E-state index contributed by atoms with van der Waals surface area (Å²) in [6, 6.07) is 16.6. The number of nitrogens with zero attached hydrogens (tertiary/aromatic N) is 3. The molecule has 2 aliphatic rings. The molecule has 0 N–H and O–H groups in total. The first-order chi connectivity index (χ1) is 15.2. The lowest BCUT2D eigenvalue weighted by atomic mass is 9.94. The van der Waals surface area contributed by atoms with E-state index in [1.807, 2.05) is 18.2 Å². The van der Waals surface area contributed by atoms with Crippen LogP contribution in [-0.4, -0.2) is 69.2 Å². The average molecular weight is 424 g/mol. The molecule has 1 amide bonds. The molecule has 0 spiro atoms. The van der Waals surface area contributed by atoms with Crippen LogP contribution in [0.2, 0.25) is 0 Å². The summed E-state index contributed by atoms with van der Waals surface area (Å²) in [6.07, 6.45) is 1.87. The highest BCUT2D eigenvalue weighted by molar-refractivity contribution is 5.79. The molecule has 0 bridgehead atoms. The molecule has 2 saturated heterocycles. The van der Waals surface area contributed by atoms with Crippen LogP contribution in [0, 0.1) is 5.92 Å². The van der Waals surface area contributed by atoms with Crippen LogP contribution in [0.1, 0.15) is 18.4 Å². The first kappa shape index (κ1) is 21.5. The molecule has 0 aliphatic carbocycles. The van der Waals surface area contributed by atoms with Crippen molar-refractivity contribution in [2.75, 3.05) is 58.4 Å². The molecule has 6 nitrogen and oxygen atoms in total. The Labute approximate surface area is 185 Å². The van der Waals surface area contributed by atoms with Crippen molar-refractivity contribution in [3.63, 3.8) is 0 Å². The topological polar surface area (TPSA) is 45.2 Å². The highest BCUT2D eigenvalue weighted by Crippen LogP contribution is 2.29. The Balaban J connectivity index is 1.25. The van der Waals surface area contributed by atoms with Gasteiger partial charge in [-0.15, -0.1) is 0 Å². The number of para-hydroxylation sites is 1. The molecule has 4 rings (SSSR count). The van der Waals surface area contributed by atoms with E-state index in [0.717, 1.165) is 70.2 Å². The van der Waals surface area contributed by atoms with Crippen molar-refractivity contribution in [3.8, 4) is 11.5 Å². The molecule has 6 heteroatoms. The van der Waals surface area contributed by atoms with Crippen LogP contribution in [0.3, 0.4) is 0 Å². The summed E-state index contributed by atoms with van der Waals surface area (Å²) >= 11 is 0. The number of hydrogen-bond donors (Lipinski definition) is 0. The molecule has 2 aliphatic heterocycles. The SMILES string of the molecule is COc1ccc(CN2CCC(C(=O)N3CCN(c4ccccc4)CC3)CC2)cc1OC. The number of carbonyl (C=O) groups excluding carboxylic acids is 1. The van der Waals surface area contributed by atoms with Crippen LogP contribution in [0.4, 0.5) is 5.69 Å². The van der Waals surface area contributed by atoms with Crippen molar-refractivity contribution >= 4 is 11.6 Å². The third-order valence-electron chi connectivity index (χ3n) is 6.50. The molecule has 0 atom stereocenters. The Bertz CT molecular complexity index is 858. The zero-order chi connectivity index (χ0) is 21.6. The summed E-state index contributed by atoms with van der Waals surface area (Å²) in [7, 11) is 3.32. The van der Waals surface area contributed by atoms with Gasteiger partial charge in [0.2, 0.25) is 5.91 Å². The Morgan fingerprint density at radius 1 is 0.871 bits per heavy atom. The third-order valence-corrected chi connectivity index (χ3v) is 6.50. The molecule has 0 saturated carbocycles. The zero-order valence-electron chi connectivity index (χ0n) is 18.6. The number of amides is 1. The fourth-order valence-electron chi connectivity index (χ4n) is 4.66. The van der Waals surface area contributed by atoms with Gasteiger partial charge in [-0.2, -0.15) is 0 Å². The molecular formula is C25H33N3O3. The van der Waals surface area contributed by atoms with Crippen LogP contribution in [0.15, 0.2) is 48.5 Å². The van der Waals surface area contributed by atoms with Crippen LogP contribution in [0.5, 0.6) is 11.5 Å². The molecule has 2 aromatic rings. The van der Waals surface area contributed by atoms with Gasteiger partial charge in [0.1, 0.15) is 0 Å². The standard InChI is InChI=1S/C25H33N3O3/c1-30-23-9-8-20(18-24(23)31-2)19-26-12-10-21(11-13-26)25(29)28-16-14-27(15-17-28)22-6-4-3-5-7-22/h3-9,18,21H,10-17,19H2,1-2H3. The van der Waals surface area contributed by atoms with Crippen molar-refractivity contribution in [1.29, 1.82) is 0 Å². The number of ether oxygens (including phenoxy) is 2. The molecule has 2 aromatic carbocycles. The van der Waals surface area contributed by atoms with Gasteiger partial charge in [0, 0.05) is 44.3 Å². The highest BCUT2D eigenvalue weighted by atomic mass is 16.5. The van der Waals surface area contributed by atoms with E-state index >= 15 is 0 Å². The minimum absolute atomic E-state index is 0.157. The van der Waals surface area contributed by atoms with Gasteiger partial charge in [-0.3, -0.25) is 9.69 Å². The normalized spacial score (nSPS) is 18.1. The summed E-state index contributed by atoms with van der Waals surface area (Å²) in [6.45, 7) is 6.24. The first-order valence-electron chi connectivity index (χ1n) is 11.2. The smallest absolute Gasteiger partial charge is 0.225 e. The largest absolute Gasteiger partial charge is 0.493 e. The minimum Gasteiger partial charge on any atom is -0.493 e. The maximum atomic E-state index is 13.1. The first-order valence-corrected chi connectivity index (χ1v) is 11.2. The molecule has 0 radical (unpaired) electrons. The predicted molar refractivity (Wildman–Crippen MR) is 123 cm³/mol. The van der Waals surface area contributed by atoms with E-state index in [1.165, 1.54) is 11.3 Å². The van der Waals surface area contributed by atoms with Crippen molar-refractivity contribution in [3.05, 3.63) is 54.1 Å². The monoisotopic (exact) mass is 423 g/mol. The quantitative estimate of drug-likeness (QED) is 0.714. The second-order valence-electron chi connectivity index (χ2n) is 8.39. The van der Waals surface area contributed by atoms with Crippen molar-refractivity contribution in [2.45, 2.75) is 19.4 Å². The Kier molecular flexibility index (Phi) is 6.97. The Morgan fingerprint density at radius 3 is 2.19 bits per heavy atom. The number of hydrogen-bond acceptors (Lipinski definition) is 5. The maximum absolute atomic E-state index is 13.1. The number of carbonyl (C=O) groups is 1. The predicted octanol–water partition coefficient (Wildman–Crippen LogP) is 3.26. The molecule has 0 aromatic heterocycles. The minimum atomic E-state index is 0.157. The van der Waals surface area contributed by atoms with E-state index in [-0.39, 0.29) is 5.92 Å². The molecule has 0 unspecified atom stereocenters. The van der Waals surface area contributed by atoms with Gasteiger partial charge in [-0.1, -0.05) is 24.3 Å². The highest BCUT2D eigenvalue weighted by Gasteiger charge is 2.30. The van der Waals surface area contributed by atoms with E-state index in [0.29, 0.717) is 5.91 Å². The lowest BCUT2D eigenvalue weighted by molar-refractivity contribution is -0.137.